The van der Waals surface area contributed by atoms with Crippen LogP contribution >= 0.6 is 24.0 Å². The van der Waals surface area contributed by atoms with Crippen molar-refractivity contribution in [2.45, 2.75) is 32.5 Å². The Hall–Kier alpha value is -1.46. The number of nitrogens with one attached hydrogen (secondary N) is 2. The number of hydrogen-bond acceptors (Lipinski definition) is 5. The van der Waals surface area contributed by atoms with Gasteiger partial charge in [-0.05, 0) is 26.0 Å². The quantitative estimate of drug-likeness (QED) is 0.385. The highest BCUT2D eigenvalue weighted by molar-refractivity contribution is 14.0. The van der Waals surface area contributed by atoms with Crippen molar-refractivity contribution in [3.8, 4) is 0 Å². The number of ether oxygens (including phenoxy) is 1. The predicted molar refractivity (Wildman–Crippen MR) is 113 cm³/mol. The molecule has 144 valence electrons. The van der Waals surface area contributed by atoms with E-state index < -0.39 is 0 Å². The van der Waals surface area contributed by atoms with Gasteiger partial charge in [-0.2, -0.15) is 0 Å². The molecule has 1 fully saturated rings. The summed E-state index contributed by atoms with van der Waals surface area (Å²) in [6.07, 6.45) is 1.96. The molecule has 3 rings (SSSR count). The molecule has 2 aromatic rings. The van der Waals surface area contributed by atoms with Crippen LogP contribution in [0.3, 0.4) is 0 Å². The molecule has 1 aliphatic rings. The topological polar surface area (TPSA) is 79.1 Å². The molecule has 0 radical (unpaired) electrons. The first-order valence-electron chi connectivity index (χ1n) is 8.75. The first-order chi connectivity index (χ1) is 12.2. The van der Waals surface area contributed by atoms with E-state index in [0.717, 1.165) is 43.7 Å². The second-order valence-electron chi connectivity index (χ2n) is 6.36. The van der Waals surface area contributed by atoms with Crippen LogP contribution in [0.15, 0.2) is 29.4 Å². The van der Waals surface area contributed by atoms with E-state index >= 15 is 0 Å². The first-order valence-corrected chi connectivity index (χ1v) is 8.75. The molecule has 0 aliphatic carbocycles. The van der Waals surface area contributed by atoms with Crippen LogP contribution in [0.25, 0.3) is 5.65 Å². The summed E-state index contributed by atoms with van der Waals surface area (Å²) >= 11 is 0. The van der Waals surface area contributed by atoms with Crippen LogP contribution in [0.2, 0.25) is 0 Å². The highest BCUT2D eigenvalue weighted by atomic mass is 127. The van der Waals surface area contributed by atoms with Crippen molar-refractivity contribution in [1.29, 1.82) is 0 Å². The minimum Gasteiger partial charge on any atom is -0.379 e. The predicted octanol–water partition coefficient (Wildman–Crippen LogP) is 1.12. The summed E-state index contributed by atoms with van der Waals surface area (Å²) in [6.45, 7) is 8.41. The Morgan fingerprint density at radius 2 is 2.23 bits per heavy atom. The van der Waals surface area contributed by atoms with Crippen LogP contribution < -0.4 is 10.6 Å². The monoisotopic (exact) mass is 473 g/mol. The molecule has 8 nitrogen and oxygen atoms in total. The van der Waals surface area contributed by atoms with Crippen molar-refractivity contribution in [2.24, 2.45) is 4.99 Å². The largest absolute Gasteiger partial charge is 0.379 e. The Bertz CT molecular complexity index is 720. The van der Waals surface area contributed by atoms with Gasteiger partial charge in [0.2, 0.25) is 0 Å². The highest BCUT2D eigenvalue weighted by Gasteiger charge is 2.23. The van der Waals surface area contributed by atoms with Gasteiger partial charge in [0.05, 0.1) is 19.8 Å². The van der Waals surface area contributed by atoms with Gasteiger partial charge in [0.15, 0.2) is 17.4 Å². The standard InChI is InChI=1S/C17H27N7O.HI/c1-13(23-8-9-25-12-14(23)2)10-19-17(18-3)20-11-16-22-21-15-6-4-5-7-24(15)16;/h4-7,13-14H,8-12H2,1-3H3,(H2,18,19,20);1H. The lowest BCUT2D eigenvalue weighted by atomic mass is 10.2. The van der Waals surface area contributed by atoms with E-state index in [1.807, 2.05) is 28.8 Å². The number of morpholine rings is 1. The lowest BCUT2D eigenvalue weighted by molar-refractivity contribution is -0.0174. The third-order valence-corrected chi connectivity index (χ3v) is 4.57. The van der Waals surface area contributed by atoms with Crippen molar-refractivity contribution in [1.82, 2.24) is 30.1 Å². The Labute approximate surface area is 171 Å². The van der Waals surface area contributed by atoms with Crippen LogP contribution in [-0.4, -0.2) is 70.9 Å². The summed E-state index contributed by atoms with van der Waals surface area (Å²) in [5.74, 6) is 1.62. The Balaban J connectivity index is 0.00000243. The van der Waals surface area contributed by atoms with Gasteiger partial charge < -0.3 is 15.4 Å². The van der Waals surface area contributed by atoms with E-state index in [4.69, 9.17) is 4.74 Å². The summed E-state index contributed by atoms with van der Waals surface area (Å²) in [6, 6.07) is 6.72. The van der Waals surface area contributed by atoms with E-state index in [1.165, 1.54) is 0 Å². The fourth-order valence-corrected chi connectivity index (χ4v) is 3.15. The Kier molecular flexibility index (Phi) is 8.04. The fourth-order valence-electron chi connectivity index (χ4n) is 3.15. The second-order valence-corrected chi connectivity index (χ2v) is 6.36. The van der Waals surface area contributed by atoms with E-state index in [-0.39, 0.29) is 24.0 Å². The zero-order valence-electron chi connectivity index (χ0n) is 15.6. The normalized spacial score (nSPS) is 19.8. The number of nitrogens with zero attached hydrogens (tertiary/aromatic N) is 5. The van der Waals surface area contributed by atoms with Gasteiger partial charge in [0.25, 0.3) is 0 Å². The number of guanidine groups is 1. The summed E-state index contributed by atoms with van der Waals surface area (Å²) in [7, 11) is 1.78. The zero-order chi connectivity index (χ0) is 17.6. The van der Waals surface area contributed by atoms with Crippen LogP contribution in [0, 0.1) is 0 Å². The number of hydrogen-bond donors (Lipinski definition) is 2. The number of rotatable bonds is 5. The van der Waals surface area contributed by atoms with Crippen molar-refractivity contribution < 1.29 is 4.74 Å². The molecule has 0 amide bonds. The van der Waals surface area contributed by atoms with Gasteiger partial charge in [-0.1, -0.05) is 6.07 Å². The van der Waals surface area contributed by atoms with Crippen molar-refractivity contribution >= 4 is 35.6 Å². The molecule has 3 heterocycles. The van der Waals surface area contributed by atoms with Crippen molar-refractivity contribution in [3.05, 3.63) is 30.2 Å². The highest BCUT2D eigenvalue weighted by Crippen LogP contribution is 2.10. The Morgan fingerprint density at radius 3 is 3.00 bits per heavy atom. The van der Waals surface area contributed by atoms with Gasteiger partial charge in [-0.3, -0.25) is 14.3 Å². The summed E-state index contributed by atoms with van der Waals surface area (Å²) in [5.41, 5.74) is 0.845. The fraction of sp³-hybridized carbons (Fsp3) is 0.588. The van der Waals surface area contributed by atoms with Crippen molar-refractivity contribution in [3.63, 3.8) is 0 Å². The van der Waals surface area contributed by atoms with E-state index in [2.05, 4.69) is 44.6 Å². The lowest BCUT2D eigenvalue weighted by Crippen LogP contribution is -2.53. The smallest absolute Gasteiger partial charge is 0.191 e. The van der Waals surface area contributed by atoms with Gasteiger partial charge in [-0.15, -0.1) is 34.2 Å². The molecule has 9 heteroatoms. The molecule has 0 aromatic carbocycles. The lowest BCUT2D eigenvalue weighted by Gasteiger charge is -2.38. The maximum atomic E-state index is 5.51. The van der Waals surface area contributed by atoms with Gasteiger partial charge in [-0.25, -0.2) is 0 Å². The molecule has 1 saturated heterocycles. The van der Waals surface area contributed by atoms with Gasteiger partial charge >= 0.3 is 0 Å². The molecule has 0 bridgehead atoms. The van der Waals surface area contributed by atoms with E-state index in [0.29, 0.717) is 18.6 Å². The van der Waals surface area contributed by atoms with E-state index in [1.54, 1.807) is 7.05 Å². The molecule has 2 aromatic heterocycles. The van der Waals surface area contributed by atoms with Crippen molar-refractivity contribution in [2.75, 3.05) is 33.4 Å². The molecule has 2 atom stereocenters. The maximum absolute atomic E-state index is 5.51. The summed E-state index contributed by atoms with van der Waals surface area (Å²) < 4.78 is 7.48. The average Bonchev–Trinajstić information content (AvgIpc) is 3.05. The number of halogens is 1. The van der Waals surface area contributed by atoms with E-state index in [9.17, 15) is 0 Å². The maximum Gasteiger partial charge on any atom is 0.191 e. The second kappa shape index (κ2) is 10.0. The molecule has 0 saturated carbocycles. The minimum atomic E-state index is 0. The molecule has 2 unspecified atom stereocenters. The summed E-state index contributed by atoms with van der Waals surface area (Å²) in [4.78, 5) is 6.77. The molecule has 26 heavy (non-hydrogen) atoms. The van der Waals surface area contributed by atoms with Crippen LogP contribution in [0.1, 0.15) is 19.7 Å². The molecule has 2 N–H and O–H groups in total. The third-order valence-electron chi connectivity index (χ3n) is 4.57. The first kappa shape index (κ1) is 20.8. The third kappa shape index (κ3) is 5.04. The number of aromatic nitrogens is 3. The molecule has 1 aliphatic heterocycles. The minimum absolute atomic E-state index is 0. The number of pyridine rings is 1. The van der Waals surface area contributed by atoms with Gasteiger partial charge in [0.1, 0.15) is 0 Å². The molecular formula is C17H28IN7O. The SMILES string of the molecule is CN=C(NCc1nnc2ccccn12)NCC(C)N1CCOCC1C.I. The molecular weight excluding hydrogens is 445 g/mol. The van der Waals surface area contributed by atoms with Crippen LogP contribution in [0.4, 0.5) is 0 Å². The summed E-state index contributed by atoms with van der Waals surface area (Å²) in [5, 5.41) is 15.1. The number of aliphatic imine (C=N–C) groups is 1. The zero-order valence-corrected chi connectivity index (χ0v) is 17.9. The van der Waals surface area contributed by atoms with Crippen LogP contribution in [-0.2, 0) is 11.3 Å². The average molecular weight is 473 g/mol. The van der Waals surface area contributed by atoms with Crippen LogP contribution in [0.5, 0.6) is 0 Å². The molecule has 0 spiro atoms. The van der Waals surface area contributed by atoms with Gasteiger partial charge in [0, 0.05) is 38.4 Å². The number of fused-ring (bicyclic) bond motifs is 1. The Morgan fingerprint density at radius 1 is 1.38 bits per heavy atom.